The van der Waals surface area contributed by atoms with Crippen LogP contribution in [0.3, 0.4) is 0 Å². The SMILES string of the molecule is Cn1cc(CN2CCN3C(=O)[C@@H](Cc4ccc(O)cc4)NC(=O)[C@H]3C2)c(-c2ccccc2)n1. The summed E-state index contributed by atoms with van der Waals surface area (Å²) in [4.78, 5) is 30.0. The van der Waals surface area contributed by atoms with Crippen LogP contribution in [0.5, 0.6) is 5.75 Å². The second kappa shape index (κ2) is 8.71. The summed E-state index contributed by atoms with van der Waals surface area (Å²) in [7, 11) is 1.91. The van der Waals surface area contributed by atoms with E-state index in [1.165, 1.54) is 0 Å². The Morgan fingerprint density at radius 1 is 1.06 bits per heavy atom. The fourth-order valence-electron chi connectivity index (χ4n) is 4.74. The van der Waals surface area contributed by atoms with E-state index in [1.54, 1.807) is 29.2 Å². The lowest BCUT2D eigenvalue weighted by Gasteiger charge is -2.45. The van der Waals surface area contributed by atoms with Crippen molar-refractivity contribution in [3.63, 3.8) is 0 Å². The van der Waals surface area contributed by atoms with E-state index < -0.39 is 12.1 Å². The van der Waals surface area contributed by atoms with Crippen LogP contribution in [0, 0.1) is 0 Å². The molecule has 8 nitrogen and oxygen atoms in total. The van der Waals surface area contributed by atoms with Gasteiger partial charge in [0.15, 0.2) is 0 Å². The van der Waals surface area contributed by atoms with Gasteiger partial charge in [-0.15, -0.1) is 0 Å². The second-order valence-electron chi connectivity index (χ2n) is 8.76. The van der Waals surface area contributed by atoms with Crippen molar-refractivity contribution in [3.8, 4) is 17.0 Å². The van der Waals surface area contributed by atoms with Crippen molar-refractivity contribution < 1.29 is 14.7 Å². The summed E-state index contributed by atoms with van der Waals surface area (Å²) in [5.74, 6) is 0.0224. The van der Waals surface area contributed by atoms with Crippen LogP contribution < -0.4 is 5.32 Å². The van der Waals surface area contributed by atoms with E-state index in [1.807, 2.05) is 48.3 Å². The average Bonchev–Trinajstić information content (AvgIpc) is 3.19. The van der Waals surface area contributed by atoms with Crippen molar-refractivity contribution in [3.05, 3.63) is 71.9 Å². The van der Waals surface area contributed by atoms with E-state index in [2.05, 4.69) is 15.3 Å². The quantitative estimate of drug-likeness (QED) is 0.622. The zero-order valence-electron chi connectivity index (χ0n) is 18.5. The first kappa shape index (κ1) is 21.2. The summed E-state index contributed by atoms with van der Waals surface area (Å²) in [6, 6.07) is 15.7. The molecule has 0 saturated carbocycles. The fourth-order valence-corrected chi connectivity index (χ4v) is 4.74. The third-order valence-electron chi connectivity index (χ3n) is 6.39. The first-order valence-corrected chi connectivity index (χ1v) is 11.2. The molecule has 2 fully saturated rings. The molecule has 8 heteroatoms. The molecule has 5 rings (SSSR count). The number of amides is 2. The molecule has 2 atom stereocenters. The van der Waals surface area contributed by atoms with E-state index in [0.29, 0.717) is 32.6 Å². The molecule has 0 unspecified atom stereocenters. The van der Waals surface area contributed by atoms with Crippen LogP contribution in [0.2, 0.25) is 0 Å². The normalized spacial score (nSPS) is 21.1. The summed E-state index contributed by atoms with van der Waals surface area (Å²) in [6.45, 7) is 2.38. The smallest absolute Gasteiger partial charge is 0.246 e. The minimum absolute atomic E-state index is 0.0429. The van der Waals surface area contributed by atoms with Gasteiger partial charge in [-0.3, -0.25) is 19.2 Å². The van der Waals surface area contributed by atoms with Gasteiger partial charge in [-0.05, 0) is 17.7 Å². The number of phenolic OH excluding ortho intramolecular Hbond substituents is 1. The standard InChI is InChI=1S/C25H27N5O3/c1-28-14-19(23(27-28)18-5-3-2-4-6-18)15-29-11-12-30-22(16-29)24(32)26-21(25(30)33)13-17-7-9-20(31)10-8-17/h2-10,14,21-22,31H,11-13,15-16H2,1H3,(H,26,32)/t21-,22-/m1/s1. The zero-order valence-corrected chi connectivity index (χ0v) is 18.5. The number of piperazine rings is 2. The van der Waals surface area contributed by atoms with Crippen LogP contribution in [-0.2, 0) is 29.6 Å². The van der Waals surface area contributed by atoms with Crippen molar-refractivity contribution in [2.75, 3.05) is 19.6 Å². The van der Waals surface area contributed by atoms with Gasteiger partial charge in [-0.2, -0.15) is 5.10 Å². The minimum Gasteiger partial charge on any atom is -0.508 e. The summed E-state index contributed by atoms with van der Waals surface area (Å²) < 4.78 is 1.82. The van der Waals surface area contributed by atoms with Gasteiger partial charge in [0.1, 0.15) is 17.8 Å². The Bertz CT molecular complexity index is 1160. The Balaban J connectivity index is 1.27. The summed E-state index contributed by atoms with van der Waals surface area (Å²) in [5, 5.41) is 17.0. The Hall–Kier alpha value is -3.65. The van der Waals surface area contributed by atoms with Crippen molar-refractivity contribution >= 4 is 11.8 Å². The first-order valence-electron chi connectivity index (χ1n) is 11.2. The van der Waals surface area contributed by atoms with Crippen LogP contribution >= 0.6 is 0 Å². The van der Waals surface area contributed by atoms with Gasteiger partial charge >= 0.3 is 0 Å². The van der Waals surface area contributed by atoms with E-state index in [0.717, 1.165) is 22.4 Å². The number of benzene rings is 2. The molecule has 33 heavy (non-hydrogen) atoms. The molecule has 2 aliphatic rings. The number of aromatic nitrogens is 2. The van der Waals surface area contributed by atoms with Gasteiger partial charge < -0.3 is 15.3 Å². The Labute approximate surface area is 192 Å². The molecule has 2 saturated heterocycles. The zero-order chi connectivity index (χ0) is 22.9. The van der Waals surface area contributed by atoms with Gasteiger partial charge in [0, 0.05) is 57.0 Å². The molecule has 2 N–H and O–H groups in total. The number of phenols is 1. The monoisotopic (exact) mass is 445 g/mol. The number of aromatic hydroxyl groups is 1. The Morgan fingerprint density at radius 3 is 2.58 bits per heavy atom. The molecular formula is C25H27N5O3. The van der Waals surface area contributed by atoms with Crippen LogP contribution in [-0.4, -0.2) is 68.2 Å². The molecule has 0 bridgehead atoms. The third-order valence-corrected chi connectivity index (χ3v) is 6.39. The predicted molar refractivity (Wildman–Crippen MR) is 123 cm³/mol. The maximum absolute atomic E-state index is 13.1. The maximum Gasteiger partial charge on any atom is 0.246 e. The molecule has 0 radical (unpaired) electrons. The van der Waals surface area contributed by atoms with Gasteiger partial charge in [0.05, 0.1) is 5.69 Å². The van der Waals surface area contributed by atoms with Crippen LogP contribution in [0.1, 0.15) is 11.1 Å². The van der Waals surface area contributed by atoms with Crippen LogP contribution in [0.25, 0.3) is 11.3 Å². The van der Waals surface area contributed by atoms with Crippen LogP contribution in [0.15, 0.2) is 60.8 Å². The van der Waals surface area contributed by atoms with E-state index in [-0.39, 0.29) is 17.6 Å². The van der Waals surface area contributed by atoms with Crippen molar-refractivity contribution in [2.24, 2.45) is 7.05 Å². The highest BCUT2D eigenvalue weighted by atomic mass is 16.3. The largest absolute Gasteiger partial charge is 0.508 e. The highest BCUT2D eigenvalue weighted by Crippen LogP contribution is 2.25. The number of rotatable bonds is 5. The molecule has 2 amide bonds. The van der Waals surface area contributed by atoms with E-state index in [9.17, 15) is 14.7 Å². The minimum atomic E-state index is -0.576. The number of carbonyl (C=O) groups is 2. The predicted octanol–water partition coefficient (Wildman–Crippen LogP) is 1.55. The summed E-state index contributed by atoms with van der Waals surface area (Å²) in [5.41, 5.74) is 4.01. The number of hydrogen-bond donors (Lipinski definition) is 2. The lowest BCUT2D eigenvalue weighted by molar-refractivity contribution is -0.153. The Morgan fingerprint density at radius 2 is 1.82 bits per heavy atom. The van der Waals surface area contributed by atoms with Crippen molar-refractivity contribution in [1.82, 2.24) is 24.9 Å². The number of carbonyl (C=O) groups excluding carboxylic acids is 2. The van der Waals surface area contributed by atoms with Crippen molar-refractivity contribution in [1.29, 1.82) is 0 Å². The lowest BCUT2D eigenvalue weighted by atomic mass is 9.98. The average molecular weight is 446 g/mol. The summed E-state index contributed by atoms with van der Waals surface area (Å²) in [6.07, 6.45) is 2.43. The van der Waals surface area contributed by atoms with Gasteiger partial charge in [0.2, 0.25) is 11.8 Å². The lowest BCUT2D eigenvalue weighted by Crippen LogP contribution is -2.69. The molecule has 170 valence electrons. The number of fused-ring (bicyclic) bond motifs is 1. The molecule has 0 spiro atoms. The van der Waals surface area contributed by atoms with Crippen LogP contribution in [0.4, 0.5) is 0 Å². The maximum atomic E-state index is 13.1. The topological polar surface area (TPSA) is 90.7 Å². The van der Waals surface area contributed by atoms with Crippen molar-refractivity contribution in [2.45, 2.75) is 25.0 Å². The van der Waals surface area contributed by atoms with E-state index in [4.69, 9.17) is 0 Å². The number of nitrogens with zero attached hydrogens (tertiary/aromatic N) is 4. The number of nitrogens with one attached hydrogen (secondary N) is 1. The summed E-state index contributed by atoms with van der Waals surface area (Å²) >= 11 is 0. The highest BCUT2D eigenvalue weighted by molar-refractivity contribution is 5.97. The second-order valence-corrected chi connectivity index (χ2v) is 8.76. The molecular weight excluding hydrogens is 418 g/mol. The van der Waals surface area contributed by atoms with Gasteiger partial charge in [0.25, 0.3) is 0 Å². The number of aryl methyl sites for hydroxylation is 1. The highest BCUT2D eigenvalue weighted by Gasteiger charge is 2.43. The molecule has 3 heterocycles. The molecule has 0 aliphatic carbocycles. The van der Waals surface area contributed by atoms with Gasteiger partial charge in [-0.1, -0.05) is 42.5 Å². The molecule has 3 aromatic rings. The number of hydrogen-bond acceptors (Lipinski definition) is 5. The Kier molecular flexibility index (Phi) is 5.60. The fraction of sp³-hybridized carbons (Fsp3) is 0.320. The van der Waals surface area contributed by atoms with Gasteiger partial charge in [-0.25, -0.2) is 0 Å². The van der Waals surface area contributed by atoms with E-state index >= 15 is 0 Å². The molecule has 2 aliphatic heterocycles. The first-order chi connectivity index (χ1) is 16.0. The molecule has 1 aromatic heterocycles. The molecule has 2 aromatic carbocycles. The third kappa shape index (κ3) is 4.34.